The van der Waals surface area contributed by atoms with Crippen LogP contribution in [0.1, 0.15) is 5.56 Å². The van der Waals surface area contributed by atoms with Crippen LogP contribution in [0, 0.1) is 0 Å². The average molecular weight is 421 g/mol. The van der Waals surface area contributed by atoms with Crippen molar-refractivity contribution in [1.29, 1.82) is 0 Å². The van der Waals surface area contributed by atoms with Crippen molar-refractivity contribution in [3.8, 4) is 22.6 Å². The topological polar surface area (TPSA) is 15.7 Å². The van der Waals surface area contributed by atoms with Gasteiger partial charge >= 0.3 is 0 Å². The zero-order valence-electron chi connectivity index (χ0n) is 18.2. The van der Waals surface area contributed by atoms with E-state index in [2.05, 4.69) is 82.6 Å². The van der Waals surface area contributed by atoms with Crippen molar-refractivity contribution in [2.75, 3.05) is 31.1 Å². The lowest BCUT2D eigenvalue weighted by Gasteiger charge is -2.37. The molecule has 0 aliphatic carbocycles. The van der Waals surface area contributed by atoms with Gasteiger partial charge in [0.1, 0.15) is 5.75 Å². The van der Waals surface area contributed by atoms with Crippen LogP contribution < -0.4 is 9.64 Å². The largest absolute Gasteiger partial charge is 0.455 e. The fourth-order valence-electron chi connectivity index (χ4n) is 4.37. The number of nitrogens with zero attached hydrogens (tertiary/aromatic N) is 2. The Morgan fingerprint density at radius 2 is 1.22 bits per heavy atom. The summed E-state index contributed by atoms with van der Waals surface area (Å²) in [5.41, 5.74) is 5.17. The molecule has 1 aliphatic heterocycles. The van der Waals surface area contributed by atoms with E-state index >= 15 is 0 Å². The molecule has 4 aromatic carbocycles. The normalized spacial score (nSPS) is 14.3. The van der Waals surface area contributed by atoms with Gasteiger partial charge in [-0.1, -0.05) is 84.9 Å². The molecule has 0 aromatic heterocycles. The third kappa shape index (κ3) is 4.68. The highest BCUT2D eigenvalue weighted by atomic mass is 16.5. The molecular weight excluding hydrogens is 392 g/mol. The number of piperazine rings is 1. The van der Waals surface area contributed by atoms with Crippen molar-refractivity contribution < 1.29 is 4.74 Å². The van der Waals surface area contributed by atoms with E-state index in [0.29, 0.717) is 0 Å². The maximum Gasteiger partial charge on any atom is 0.150 e. The minimum Gasteiger partial charge on any atom is -0.455 e. The molecule has 0 radical (unpaired) electrons. The van der Waals surface area contributed by atoms with Crippen LogP contribution in [0.25, 0.3) is 11.1 Å². The quantitative estimate of drug-likeness (QED) is 0.356. The van der Waals surface area contributed by atoms with E-state index in [1.165, 1.54) is 22.4 Å². The highest BCUT2D eigenvalue weighted by Gasteiger charge is 2.20. The number of rotatable bonds is 6. The summed E-state index contributed by atoms with van der Waals surface area (Å²) in [4.78, 5) is 5.00. The Morgan fingerprint density at radius 1 is 0.594 bits per heavy atom. The predicted molar refractivity (Wildman–Crippen MR) is 132 cm³/mol. The third-order valence-electron chi connectivity index (χ3n) is 6.05. The van der Waals surface area contributed by atoms with Crippen molar-refractivity contribution in [2.45, 2.75) is 6.54 Å². The van der Waals surface area contributed by atoms with Crippen molar-refractivity contribution in [3.63, 3.8) is 0 Å². The van der Waals surface area contributed by atoms with Crippen molar-refractivity contribution in [3.05, 3.63) is 115 Å². The molecular formula is C29H28N2O. The minimum absolute atomic E-state index is 0.871. The van der Waals surface area contributed by atoms with Crippen LogP contribution in [0.4, 0.5) is 5.69 Å². The van der Waals surface area contributed by atoms with Crippen LogP contribution in [0.15, 0.2) is 109 Å². The molecule has 1 aliphatic rings. The van der Waals surface area contributed by atoms with Crippen molar-refractivity contribution >= 4 is 5.69 Å². The van der Waals surface area contributed by atoms with E-state index in [4.69, 9.17) is 4.74 Å². The SMILES string of the molecule is c1ccc(Oc2ccccc2N2CCN(Cc3ccccc3-c3ccccc3)CC2)cc1. The lowest BCUT2D eigenvalue weighted by molar-refractivity contribution is 0.249. The van der Waals surface area contributed by atoms with E-state index in [9.17, 15) is 0 Å². The lowest BCUT2D eigenvalue weighted by Crippen LogP contribution is -2.46. The van der Waals surface area contributed by atoms with Crippen LogP contribution in [0.5, 0.6) is 11.5 Å². The Labute approximate surface area is 190 Å². The molecule has 4 aromatic rings. The van der Waals surface area contributed by atoms with Crippen LogP contribution in [-0.2, 0) is 6.54 Å². The molecule has 1 fully saturated rings. The van der Waals surface area contributed by atoms with Crippen LogP contribution >= 0.6 is 0 Å². The molecule has 32 heavy (non-hydrogen) atoms. The number of hydrogen-bond acceptors (Lipinski definition) is 3. The second-order valence-electron chi connectivity index (χ2n) is 8.17. The van der Waals surface area contributed by atoms with Gasteiger partial charge in [-0.2, -0.15) is 0 Å². The standard InChI is InChI=1S/C29H28N2O/c1-3-11-24(12-4-1)27-16-8-7-13-25(27)23-30-19-21-31(22-20-30)28-17-9-10-18-29(28)32-26-14-5-2-6-15-26/h1-18H,19-23H2. The number of hydrogen-bond donors (Lipinski definition) is 0. The van der Waals surface area contributed by atoms with Gasteiger partial charge in [0.05, 0.1) is 5.69 Å². The molecule has 0 bridgehead atoms. The monoisotopic (exact) mass is 420 g/mol. The first kappa shape index (κ1) is 20.3. The van der Waals surface area contributed by atoms with Gasteiger partial charge in [0.15, 0.2) is 5.75 Å². The molecule has 5 rings (SSSR count). The second-order valence-corrected chi connectivity index (χ2v) is 8.17. The lowest BCUT2D eigenvalue weighted by atomic mass is 9.99. The molecule has 0 saturated carbocycles. The predicted octanol–water partition coefficient (Wildman–Crippen LogP) is 6.47. The molecule has 1 saturated heterocycles. The number of anilines is 1. The van der Waals surface area contributed by atoms with Gasteiger partial charge in [-0.05, 0) is 41.0 Å². The zero-order valence-corrected chi connectivity index (χ0v) is 18.2. The molecule has 1 heterocycles. The van der Waals surface area contributed by atoms with Crippen LogP contribution in [0.2, 0.25) is 0 Å². The van der Waals surface area contributed by atoms with Crippen molar-refractivity contribution in [2.24, 2.45) is 0 Å². The summed E-state index contributed by atoms with van der Waals surface area (Å²) in [7, 11) is 0. The van der Waals surface area contributed by atoms with Crippen LogP contribution in [0.3, 0.4) is 0 Å². The van der Waals surface area contributed by atoms with Gasteiger partial charge in [0, 0.05) is 32.7 Å². The van der Waals surface area contributed by atoms with E-state index in [1.807, 2.05) is 36.4 Å². The van der Waals surface area contributed by atoms with Gasteiger partial charge in [-0.15, -0.1) is 0 Å². The highest BCUT2D eigenvalue weighted by Crippen LogP contribution is 2.33. The van der Waals surface area contributed by atoms with Gasteiger partial charge < -0.3 is 9.64 Å². The molecule has 0 amide bonds. The van der Waals surface area contributed by atoms with Crippen LogP contribution in [-0.4, -0.2) is 31.1 Å². The Kier molecular flexibility index (Phi) is 6.18. The number of ether oxygens (including phenoxy) is 1. The molecule has 160 valence electrons. The second kappa shape index (κ2) is 9.71. The first-order chi connectivity index (χ1) is 15.9. The smallest absolute Gasteiger partial charge is 0.150 e. The minimum atomic E-state index is 0.871. The summed E-state index contributed by atoms with van der Waals surface area (Å²) in [5, 5.41) is 0. The third-order valence-corrected chi connectivity index (χ3v) is 6.05. The molecule has 0 atom stereocenters. The van der Waals surface area contributed by atoms with E-state index < -0.39 is 0 Å². The van der Waals surface area contributed by atoms with Gasteiger partial charge in [0.2, 0.25) is 0 Å². The Bertz CT molecular complexity index is 1140. The first-order valence-electron chi connectivity index (χ1n) is 11.3. The average Bonchev–Trinajstić information content (AvgIpc) is 2.87. The maximum absolute atomic E-state index is 6.19. The summed E-state index contributed by atoms with van der Waals surface area (Å²) < 4.78 is 6.19. The van der Waals surface area contributed by atoms with Gasteiger partial charge in [-0.3, -0.25) is 4.90 Å². The Morgan fingerprint density at radius 3 is 2.00 bits per heavy atom. The number of benzene rings is 4. The highest BCUT2D eigenvalue weighted by molar-refractivity contribution is 5.67. The molecule has 0 unspecified atom stereocenters. The summed E-state index contributed by atoms with van der Waals surface area (Å²) in [5.74, 6) is 1.79. The van der Waals surface area contributed by atoms with Gasteiger partial charge in [0.25, 0.3) is 0 Å². The summed E-state index contributed by atoms with van der Waals surface area (Å²) in [6, 6.07) is 37.8. The zero-order chi connectivity index (χ0) is 21.6. The summed E-state index contributed by atoms with van der Waals surface area (Å²) in [6.45, 7) is 5.01. The van der Waals surface area contributed by atoms with Crippen molar-refractivity contribution in [1.82, 2.24) is 4.90 Å². The molecule has 0 N–H and O–H groups in total. The maximum atomic E-state index is 6.19. The number of para-hydroxylation sites is 3. The van der Waals surface area contributed by atoms with Gasteiger partial charge in [-0.25, -0.2) is 0 Å². The summed E-state index contributed by atoms with van der Waals surface area (Å²) in [6.07, 6.45) is 0. The molecule has 3 heteroatoms. The Balaban J connectivity index is 1.26. The fourth-order valence-corrected chi connectivity index (χ4v) is 4.37. The summed E-state index contributed by atoms with van der Waals surface area (Å²) >= 11 is 0. The fraction of sp³-hybridized carbons (Fsp3) is 0.172. The van der Waals surface area contributed by atoms with E-state index in [-0.39, 0.29) is 0 Å². The molecule has 3 nitrogen and oxygen atoms in total. The first-order valence-corrected chi connectivity index (χ1v) is 11.3. The Hall–Kier alpha value is -3.56. The van der Waals surface area contributed by atoms with E-state index in [1.54, 1.807) is 0 Å². The molecule has 0 spiro atoms. The van der Waals surface area contributed by atoms with E-state index in [0.717, 1.165) is 44.2 Å².